The SMILES string of the molecule is CCc1cccc(OCC2CCOCC2)c1. The van der Waals surface area contributed by atoms with E-state index in [2.05, 4.69) is 25.1 Å². The number of ether oxygens (including phenoxy) is 2. The average molecular weight is 220 g/mol. The monoisotopic (exact) mass is 220 g/mol. The molecule has 1 saturated heterocycles. The lowest BCUT2D eigenvalue weighted by Gasteiger charge is -2.22. The summed E-state index contributed by atoms with van der Waals surface area (Å²) in [5.41, 5.74) is 1.34. The van der Waals surface area contributed by atoms with Crippen LogP contribution >= 0.6 is 0 Å². The molecule has 1 aliphatic heterocycles. The highest BCUT2D eigenvalue weighted by atomic mass is 16.5. The first kappa shape index (κ1) is 11.5. The van der Waals surface area contributed by atoms with Gasteiger partial charge in [0.25, 0.3) is 0 Å². The van der Waals surface area contributed by atoms with Crippen LogP contribution < -0.4 is 4.74 Å². The second-order valence-electron chi connectivity index (χ2n) is 4.37. The highest BCUT2D eigenvalue weighted by Gasteiger charge is 2.14. The molecule has 2 rings (SSSR count). The van der Waals surface area contributed by atoms with Crippen molar-refractivity contribution in [3.05, 3.63) is 29.8 Å². The van der Waals surface area contributed by atoms with Gasteiger partial charge in [0.2, 0.25) is 0 Å². The first-order chi connectivity index (χ1) is 7.88. The minimum atomic E-state index is 0.666. The van der Waals surface area contributed by atoms with E-state index in [0.29, 0.717) is 5.92 Å². The highest BCUT2D eigenvalue weighted by Crippen LogP contribution is 2.18. The van der Waals surface area contributed by atoms with Crippen molar-refractivity contribution in [3.8, 4) is 5.75 Å². The average Bonchev–Trinajstić information content (AvgIpc) is 2.38. The lowest BCUT2D eigenvalue weighted by Crippen LogP contribution is -2.21. The molecule has 0 spiro atoms. The molecular weight excluding hydrogens is 200 g/mol. The molecule has 0 aliphatic carbocycles. The van der Waals surface area contributed by atoms with Crippen molar-refractivity contribution >= 4 is 0 Å². The largest absolute Gasteiger partial charge is 0.493 e. The van der Waals surface area contributed by atoms with Gasteiger partial charge in [-0.05, 0) is 42.9 Å². The topological polar surface area (TPSA) is 18.5 Å². The predicted octanol–water partition coefficient (Wildman–Crippen LogP) is 3.05. The third kappa shape index (κ3) is 3.24. The van der Waals surface area contributed by atoms with Crippen LogP contribution in [0.1, 0.15) is 25.3 Å². The summed E-state index contributed by atoms with van der Waals surface area (Å²) < 4.78 is 11.2. The normalized spacial score (nSPS) is 17.3. The van der Waals surface area contributed by atoms with E-state index in [-0.39, 0.29) is 0 Å². The van der Waals surface area contributed by atoms with E-state index in [1.807, 2.05) is 6.07 Å². The van der Waals surface area contributed by atoms with Crippen LogP contribution in [0.25, 0.3) is 0 Å². The molecule has 16 heavy (non-hydrogen) atoms. The number of aryl methyl sites for hydroxylation is 1. The molecule has 88 valence electrons. The van der Waals surface area contributed by atoms with Crippen LogP contribution in [0.5, 0.6) is 5.75 Å². The molecule has 0 saturated carbocycles. The molecule has 2 nitrogen and oxygen atoms in total. The quantitative estimate of drug-likeness (QED) is 0.776. The molecular formula is C14H20O2. The first-order valence-corrected chi connectivity index (χ1v) is 6.18. The van der Waals surface area contributed by atoms with E-state index in [0.717, 1.165) is 44.8 Å². The molecule has 0 atom stereocenters. The molecule has 1 aliphatic rings. The molecule has 1 aromatic carbocycles. The van der Waals surface area contributed by atoms with Gasteiger partial charge in [-0.3, -0.25) is 0 Å². The Hall–Kier alpha value is -1.02. The second kappa shape index (κ2) is 5.90. The van der Waals surface area contributed by atoms with Crippen molar-refractivity contribution in [2.24, 2.45) is 5.92 Å². The van der Waals surface area contributed by atoms with Gasteiger partial charge in [0, 0.05) is 13.2 Å². The van der Waals surface area contributed by atoms with Gasteiger partial charge in [-0.25, -0.2) is 0 Å². The van der Waals surface area contributed by atoms with Gasteiger partial charge in [-0.2, -0.15) is 0 Å². The van der Waals surface area contributed by atoms with Crippen LogP contribution in [-0.2, 0) is 11.2 Å². The lowest BCUT2D eigenvalue weighted by atomic mass is 10.0. The van der Waals surface area contributed by atoms with Crippen LogP contribution in [0.3, 0.4) is 0 Å². The van der Waals surface area contributed by atoms with Gasteiger partial charge in [0.05, 0.1) is 6.61 Å². The van der Waals surface area contributed by atoms with E-state index in [1.165, 1.54) is 5.56 Å². The Labute approximate surface area is 97.6 Å². The predicted molar refractivity (Wildman–Crippen MR) is 64.9 cm³/mol. The minimum absolute atomic E-state index is 0.666. The van der Waals surface area contributed by atoms with Crippen LogP contribution in [0, 0.1) is 5.92 Å². The summed E-state index contributed by atoms with van der Waals surface area (Å²) in [6, 6.07) is 8.39. The van der Waals surface area contributed by atoms with Crippen molar-refractivity contribution in [1.82, 2.24) is 0 Å². The van der Waals surface area contributed by atoms with Gasteiger partial charge < -0.3 is 9.47 Å². The Morgan fingerprint density at radius 3 is 2.88 bits per heavy atom. The maximum atomic E-state index is 5.83. The van der Waals surface area contributed by atoms with Crippen molar-refractivity contribution in [3.63, 3.8) is 0 Å². The van der Waals surface area contributed by atoms with Crippen LogP contribution in [0.4, 0.5) is 0 Å². The van der Waals surface area contributed by atoms with Gasteiger partial charge in [-0.1, -0.05) is 19.1 Å². The van der Waals surface area contributed by atoms with Gasteiger partial charge in [0.1, 0.15) is 5.75 Å². The maximum Gasteiger partial charge on any atom is 0.119 e. The summed E-state index contributed by atoms with van der Waals surface area (Å²) in [4.78, 5) is 0. The van der Waals surface area contributed by atoms with E-state index in [4.69, 9.17) is 9.47 Å². The Kier molecular flexibility index (Phi) is 4.23. The zero-order valence-corrected chi connectivity index (χ0v) is 9.95. The summed E-state index contributed by atoms with van der Waals surface area (Å²) in [7, 11) is 0. The lowest BCUT2D eigenvalue weighted by molar-refractivity contribution is 0.0497. The van der Waals surface area contributed by atoms with Gasteiger partial charge >= 0.3 is 0 Å². The van der Waals surface area contributed by atoms with Crippen LogP contribution in [-0.4, -0.2) is 19.8 Å². The summed E-state index contributed by atoms with van der Waals surface area (Å²) in [5.74, 6) is 1.67. The maximum absolute atomic E-state index is 5.83. The third-order valence-corrected chi connectivity index (χ3v) is 3.13. The molecule has 0 aromatic heterocycles. The van der Waals surface area contributed by atoms with Crippen LogP contribution in [0.2, 0.25) is 0 Å². The Morgan fingerprint density at radius 1 is 1.31 bits per heavy atom. The fourth-order valence-electron chi connectivity index (χ4n) is 1.98. The molecule has 0 bridgehead atoms. The van der Waals surface area contributed by atoms with E-state index in [1.54, 1.807) is 0 Å². The Morgan fingerprint density at radius 2 is 2.12 bits per heavy atom. The smallest absolute Gasteiger partial charge is 0.119 e. The molecule has 1 heterocycles. The summed E-state index contributed by atoms with van der Waals surface area (Å²) >= 11 is 0. The van der Waals surface area contributed by atoms with Crippen molar-refractivity contribution in [2.75, 3.05) is 19.8 Å². The summed E-state index contributed by atoms with van der Waals surface area (Å²) in [6.45, 7) is 4.78. The Balaban J connectivity index is 1.83. The molecule has 0 amide bonds. The number of benzene rings is 1. The molecule has 1 fully saturated rings. The zero-order valence-electron chi connectivity index (χ0n) is 9.95. The Bertz CT molecular complexity index is 316. The van der Waals surface area contributed by atoms with E-state index < -0.39 is 0 Å². The van der Waals surface area contributed by atoms with Crippen LogP contribution in [0.15, 0.2) is 24.3 Å². The summed E-state index contributed by atoms with van der Waals surface area (Å²) in [6.07, 6.45) is 3.33. The first-order valence-electron chi connectivity index (χ1n) is 6.18. The fourth-order valence-corrected chi connectivity index (χ4v) is 1.98. The molecule has 2 heteroatoms. The number of hydrogen-bond acceptors (Lipinski definition) is 2. The van der Waals surface area contributed by atoms with Crippen molar-refractivity contribution in [1.29, 1.82) is 0 Å². The standard InChI is InChI=1S/C14H20O2/c1-2-12-4-3-5-14(10-12)16-11-13-6-8-15-9-7-13/h3-5,10,13H,2,6-9,11H2,1H3. The molecule has 0 radical (unpaired) electrons. The molecule has 0 unspecified atom stereocenters. The molecule has 1 aromatic rings. The third-order valence-electron chi connectivity index (χ3n) is 3.13. The van der Waals surface area contributed by atoms with E-state index >= 15 is 0 Å². The molecule has 0 N–H and O–H groups in total. The van der Waals surface area contributed by atoms with E-state index in [9.17, 15) is 0 Å². The highest BCUT2D eigenvalue weighted by molar-refractivity contribution is 5.28. The number of rotatable bonds is 4. The van der Waals surface area contributed by atoms with Crippen molar-refractivity contribution < 1.29 is 9.47 Å². The van der Waals surface area contributed by atoms with Gasteiger partial charge in [-0.15, -0.1) is 0 Å². The fraction of sp³-hybridized carbons (Fsp3) is 0.571. The second-order valence-corrected chi connectivity index (χ2v) is 4.37. The minimum Gasteiger partial charge on any atom is -0.493 e. The summed E-state index contributed by atoms with van der Waals surface area (Å²) in [5, 5.41) is 0. The zero-order chi connectivity index (χ0) is 11.2. The van der Waals surface area contributed by atoms with Crippen molar-refractivity contribution in [2.45, 2.75) is 26.2 Å². The van der Waals surface area contributed by atoms with Gasteiger partial charge in [0.15, 0.2) is 0 Å². The number of hydrogen-bond donors (Lipinski definition) is 0.